The number of nitrogens with zero attached hydrogens (tertiary/aromatic N) is 2. The topological polar surface area (TPSA) is 79.0 Å². The molecule has 0 aliphatic carbocycles. The van der Waals surface area contributed by atoms with Crippen LogP contribution in [0.25, 0.3) is 10.8 Å². The molecular formula is C34H35N3O4. The first-order chi connectivity index (χ1) is 19.6. The van der Waals surface area contributed by atoms with E-state index in [2.05, 4.69) is 5.32 Å². The van der Waals surface area contributed by atoms with Crippen molar-refractivity contribution in [3.63, 3.8) is 0 Å². The fraction of sp³-hybridized carbons (Fsp3) is 0.265. The molecule has 7 nitrogen and oxygen atoms in total. The zero-order valence-corrected chi connectivity index (χ0v) is 23.9. The van der Waals surface area contributed by atoms with Crippen molar-refractivity contribution in [2.75, 3.05) is 18.6 Å². The molecule has 1 N–H and O–H groups in total. The molecule has 0 bridgehead atoms. The third-order valence-electron chi connectivity index (χ3n) is 7.20. The van der Waals surface area contributed by atoms with Gasteiger partial charge in [0.1, 0.15) is 18.3 Å². The third-order valence-corrected chi connectivity index (χ3v) is 7.20. The molecule has 0 unspecified atom stereocenters. The summed E-state index contributed by atoms with van der Waals surface area (Å²) in [6.07, 6.45) is 0.322. The van der Waals surface area contributed by atoms with Crippen LogP contribution in [0.15, 0.2) is 91.0 Å². The Morgan fingerprint density at radius 1 is 0.902 bits per heavy atom. The van der Waals surface area contributed by atoms with E-state index in [-0.39, 0.29) is 30.8 Å². The summed E-state index contributed by atoms with van der Waals surface area (Å²) in [4.78, 5) is 44.8. The van der Waals surface area contributed by atoms with Gasteiger partial charge in [0.25, 0.3) is 5.91 Å². The first-order valence-corrected chi connectivity index (χ1v) is 13.8. The number of methoxy groups -OCH3 is 1. The second-order valence-electron chi connectivity index (χ2n) is 11.4. The number of hydrogen-bond acceptors (Lipinski definition) is 4. The van der Waals surface area contributed by atoms with E-state index in [4.69, 9.17) is 4.74 Å². The molecule has 0 radical (unpaired) electrons. The van der Waals surface area contributed by atoms with Gasteiger partial charge in [0, 0.05) is 29.5 Å². The van der Waals surface area contributed by atoms with Gasteiger partial charge in [0.2, 0.25) is 11.8 Å². The smallest absolute Gasteiger partial charge is 0.259 e. The molecule has 1 atom stereocenters. The Bertz CT molecular complexity index is 1590. The van der Waals surface area contributed by atoms with Crippen LogP contribution in [0.1, 0.15) is 42.3 Å². The van der Waals surface area contributed by atoms with E-state index in [9.17, 15) is 14.4 Å². The van der Waals surface area contributed by atoms with Crippen LogP contribution in [0.4, 0.5) is 5.69 Å². The zero-order chi connectivity index (χ0) is 29.1. The normalized spacial score (nSPS) is 13.3. The summed E-state index contributed by atoms with van der Waals surface area (Å²) in [5.41, 5.74) is 2.53. The molecule has 4 aromatic rings. The Labute approximate surface area is 240 Å². The minimum atomic E-state index is -0.814. The van der Waals surface area contributed by atoms with Crippen molar-refractivity contribution in [1.29, 1.82) is 0 Å². The van der Waals surface area contributed by atoms with Crippen molar-refractivity contribution in [2.45, 2.75) is 45.3 Å². The fourth-order valence-corrected chi connectivity index (χ4v) is 5.34. The lowest BCUT2D eigenvalue weighted by Gasteiger charge is -2.34. The maximum absolute atomic E-state index is 14.3. The lowest BCUT2D eigenvalue weighted by molar-refractivity contribution is -0.140. The molecule has 0 spiro atoms. The first kappa shape index (κ1) is 27.9. The highest BCUT2D eigenvalue weighted by Crippen LogP contribution is 2.37. The first-order valence-electron chi connectivity index (χ1n) is 13.8. The van der Waals surface area contributed by atoms with Gasteiger partial charge in [-0.2, -0.15) is 0 Å². The van der Waals surface area contributed by atoms with Crippen LogP contribution in [-0.4, -0.2) is 47.9 Å². The maximum atomic E-state index is 14.3. The molecule has 0 aromatic heterocycles. The molecule has 0 saturated heterocycles. The molecule has 1 aliphatic rings. The standard InChI is InChI=1S/C34H35N3O4/c1-34(2,3)35-32(39)29(20-23-11-6-5-7-12-23)36(21-24-13-8-16-26(19-24)41-4)30(38)22-37-28-18-10-15-25-14-9-17-27(31(25)28)33(37)40/h5-19,29H,20-22H2,1-4H3,(H,35,39)/t29-/m1/s1. The number of carbonyl (C=O) groups is 3. The lowest BCUT2D eigenvalue weighted by atomic mass is 10.0. The van der Waals surface area contributed by atoms with E-state index in [1.165, 1.54) is 4.90 Å². The van der Waals surface area contributed by atoms with Gasteiger partial charge < -0.3 is 15.0 Å². The molecule has 210 valence electrons. The quantitative estimate of drug-likeness (QED) is 0.305. The van der Waals surface area contributed by atoms with Crippen molar-refractivity contribution in [3.8, 4) is 5.75 Å². The third kappa shape index (κ3) is 6.09. The van der Waals surface area contributed by atoms with Gasteiger partial charge >= 0.3 is 0 Å². The predicted molar refractivity (Wildman–Crippen MR) is 161 cm³/mol. The SMILES string of the molecule is COc1cccc(CN(C(=O)CN2C(=O)c3cccc4cccc2c34)[C@H](Cc2ccccc2)C(=O)NC(C)(C)C)c1. The number of amides is 3. The van der Waals surface area contributed by atoms with E-state index < -0.39 is 11.6 Å². The Balaban J connectivity index is 1.53. The summed E-state index contributed by atoms with van der Waals surface area (Å²) in [6, 6.07) is 27.6. The molecule has 0 saturated carbocycles. The van der Waals surface area contributed by atoms with Gasteiger partial charge in [-0.25, -0.2) is 0 Å². The molecule has 7 heteroatoms. The van der Waals surface area contributed by atoms with Crippen LogP contribution >= 0.6 is 0 Å². The van der Waals surface area contributed by atoms with E-state index in [0.717, 1.165) is 21.9 Å². The van der Waals surface area contributed by atoms with Crippen molar-refractivity contribution < 1.29 is 19.1 Å². The molecule has 1 aliphatic heterocycles. The Kier molecular flexibility index (Phi) is 7.79. The molecule has 5 rings (SSSR count). The van der Waals surface area contributed by atoms with Crippen LogP contribution in [-0.2, 0) is 22.6 Å². The highest BCUT2D eigenvalue weighted by molar-refractivity contribution is 6.26. The van der Waals surface area contributed by atoms with Gasteiger partial charge in [-0.15, -0.1) is 0 Å². The zero-order valence-electron chi connectivity index (χ0n) is 23.9. The fourth-order valence-electron chi connectivity index (χ4n) is 5.34. The number of ether oxygens (including phenoxy) is 1. The minimum Gasteiger partial charge on any atom is -0.497 e. The van der Waals surface area contributed by atoms with Crippen LogP contribution < -0.4 is 15.0 Å². The summed E-state index contributed by atoms with van der Waals surface area (Å²) >= 11 is 0. The number of carbonyl (C=O) groups excluding carboxylic acids is 3. The minimum absolute atomic E-state index is 0.171. The second-order valence-corrected chi connectivity index (χ2v) is 11.4. The largest absolute Gasteiger partial charge is 0.497 e. The molecule has 0 fully saturated rings. The molecule has 3 amide bonds. The van der Waals surface area contributed by atoms with Crippen LogP contribution in [0.5, 0.6) is 5.75 Å². The number of anilines is 1. The van der Waals surface area contributed by atoms with Gasteiger partial charge in [0.05, 0.1) is 12.8 Å². The summed E-state index contributed by atoms with van der Waals surface area (Å²) < 4.78 is 5.42. The van der Waals surface area contributed by atoms with Gasteiger partial charge in [-0.1, -0.05) is 66.7 Å². The van der Waals surface area contributed by atoms with Gasteiger partial charge in [-0.3, -0.25) is 19.3 Å². The average molecular weight is 550 g/mol. The summed E-state index contributed by atoms with van der Waals surface area (Å²) in [7, 11) is 1.59. The number of hydrogen-bond donors (Lipinski definition) is 1. The highest BCUT2D eigenvalue weighted by atomic mass is 16.5. The van der Waals surface area contributed by atoms with Crippen LogP contribution in [0, 0.1) is 0 Å². The van der Waals surface area contributed by atoms with E-state index in [0.29, 0.717) is 23.4 Å². The maximum Gasteiger partial charge on any atom is 0.259 e. The van der Waals surface area contributed by atoms with Crippen molar-refractivity contribution in [3.05, 3.63) is 108 Å². The summed E-state index contributed by atoms with van der Waals surface area (Å²) in [5.74, 6) is -0.137. The van der Waals surface area contributed by atoms with E-state index in [1.807, 2.05) is 106 Å². The highest BCUT2D eigenvalue weighted by Gasteiger charge is 2.36. The summed E-state index contributed by atoms with van der Waals surface area (Å²) in [5, 5.41) is 4.87. The lowest BCUT2D eigenvalue weighted by Crippen LogP contribution is -2.56. The van der Waals surface area contributed by atoms with Crippen molar-refractivity contribution in [2.24, 2.45) is 0 Å². The predicted octanol–water partition coefficient (Wildman–Crippen LogP) is 5.36. The van der Waals surface area contributed by atoms with Gasteiger partial charge in [-0.05, 0) is 61.5 Å². The van der Waals surface area contributed by atoms with Gasteiger partial charge in [0.15, 0.2) is 0 Å². The van der Waals surface area contributed by atoms with E-state index in [1.54, 1.807) is 18.1 Å². The Hall–Kier alpha value is -4.65. The van der Waals surface area contributed by atoms with E-state index >= 15 is 0 Å². The Morgan fingerprint density at radius 2 is 1.59 bits per heavy atom. The number of nitrogens with one attached hydrogen (secondary N) is 1. The van der Waals surface area contributed by atoms with Crippen LogP contribution in [0.3, 0.4) is 0 Å². The Morgan fingerprint density at radius 3 is 2.29 bits per heavy atom. The average Bonchev–Trinajstić information content (AvgIpc) is 3.22. The second kappa shape index (κ2) is 11.5. The molecule has 4 aromatic carbocycles. The van der Waals surface area contributed by atoms with Crippen molar-refractivity contribution in [1.82, 2.24) is 10.2 Å². The monoisotopic (exact) mass is 549 g/mol. The number of benzene rings is 4. The van der Waals surface area contributed by atoms with Crippen molar-refractivity contribution >= 4 is 34.2 Å². The number of rotatable bonds is 9. The molecular weight excluding hydrogens is 514 g/mol. The molecule has 1 heterocycles. The molecule has 41 heavy (non-hydrogen) atoms. The van der Waals surface area contributed by atoms with Crippen LogP contribution in [0.2, 0.25) is 0 Å². The summed E-state index contributed by atoms with van der Waals surface area (Å²) in [6.45, 7) is 5.73.